The van der Waals surface area contributed by atoms with E-state index in [0.717, 1.165) is 31.6 Å². The molecule has 3 rings (SSSR count). The van der Waals surface area contributed by atoms with Crippen LogP contribution in [0.4, 0.5) is 0 Å². The molecule has 2 unspecified atom stereocenters. The van der Waals surface area contributed by atoms with E-state index in [1.54, 1.807) is 0 Å². The highest BCUT2D eigenvalue weighted by Gasteiger charge is 2.17. The zero-order valence-corrected chi connectivity index (χ0v) is 12.5. The molecule has 2 atom stereocenters. The number of rotatable bonds is 5. The van der Waals surface area contributed by atoms with E-state index in [1.165, 1.54) is 16.3 Å². The van der Waals surface area contributed by atoms with E-state index in [9.17, 15) is 0 Å². The first-order valence-electron chi connectivity index (χ1n) is 7.74. The molecule has 1 heterocycles. The van der Waals surface area contributed by atoms with Gasteiger partial charge in [0, 0.05) is 18.2 Å². The predicted molar refractivity (Wildman–Crippen MR) is 85.8 cm³/mol. The Balaban J connectivity index is 1.88. The Kier molecular flexibility index (Phi) is 4.42. The van der Waals surface area contributed by atoms with E-state index in [4.69, 9.17) is 15.2 Å². The van der Waals surface area contributed by atoms with Gasteiger partial charge in [-0.15, -0.1) is 0 Å². The van der Waals surface area contributed by atoms with Crippen LogP contribution in [0.25, 0.3) is 10.8 Å². The highest BCUT2D eigenvalue weighted by Crippen LogP contribution is 2.29. The standard InChI is InChI=1S/C18H23NO2/c1-13(19)11-17-16-7-3-2-5-14(16)8-9-18(17)21-12-15-6-4-10-20-15/h2-3,5,7-9,13,15H,4,6,10-12,19H2,1H3. The van der Waals surface area contributed by atoms with Crippen LogP contribution in [-0.4, -0.2) is 25.4 Å². The van der Waals surface area contributed by atoms with Crippen LogP contribution in [0.15, 0.2) is 36.4 Å². The summed E-state index contributed by atoms with van der Waals surface area (Å²) in [6.45, 7) is 3.52. The van der Waals surface area contributed by atoms with Gasteiger partial charge in [0.15, 0.2) is 0 Å². The van der Waals surface area contributed by atoms with E-state index < -0.39 is 0 Å². The number of fused-ring (bicyclic) bond motifs is 1. The Labute approximate surface area is 126 Å². The minimum absolute atomic E-state index is 0.112. The molecule has 1 aliphatic heterocycles. The van der Waals surface area contributed by atoms with Gasteiger partial charge in [0.2, 0.25) is 0 Å². The molecule has 1 saturated heterocycles. The lowest BCUT2D eigenvalue weighted by Crippen LogP contribution is -2.20. The molecule has 0 aliphatic carbocycles. The first kappa shape index (κ1) is 14.4. The molecule has 3 heteroatoms. The van der Waals surface area contributed by atoms with Crippen LogP contribution >= 0.6 is 0 Å². The Morgan fingerprint density at radius 3 is 2.90 bits per heavy atom. The minimum atomic E-state index is 0.112. The quantitative estimate of drug-likeness (QED) is 0.917. The number of benzene rings is 2. The van der Waals surface area contributed by atoms with Crippen molar-refractivity contribution < 1.29 is 9.47 Å². The Bertz CT molecular complexity index is 603. The molecule has 2 N–H and O–H groups in total. The molecule has 0 aromatic heterocycles. The lowest BCUT2D eigenvalue weighted by molar-refractivity contribution is 0.0676. The van der Waals surface area contributed by atoms with Crippen molar-refractivity contribution >= 4 is 10.8 Å². The van der Waals surface area contributed by atoms with Gasteiger partial charge in [-0.25, -0.2) is 0 Å². The van der Waals surface area contributed by atoms with Crippen LogP contribution in [0.1, 0.15) is 25.3 Å². The smallest absolute Gasteiger partial charge is 0.123 e. The normalized spacial score (nSPS) is 19.8. The molecular formula is C18H23NO2. The van der Waals surface area contributed by atoms with Gasteiger partial charge in [0.1, 0.15) is 12.4 Å². The molecule has 2 aromatic carbocycles. The topological polar surface area (TPSA) is 44.5 Å². The number of hydrogen-bond acceptors (Lipinski definition) is 3. The monoisotopic (exact) mass is 285 g/mol. The van der Waals surface area contributed by atoms with Crippen molar-refractivity contribution in [1.29, 1.82) is 0 Å². The van der Waals surface area contributed by atoms with E-state index in [0.29, 0.717) is 6.61 Å². The van der Waals surface area contributed by atoms with Gasteiger partial charge in [0.05, 0.1) is 6.10 Å². The Hall–Kier alpha value is -1.58. The zero-order chi connectivity index (χ0) is 14.7. The summed E-state index contributed by atoms with van der Waals surface area (Å²) < 4.78 is 11.7. The molecule has 0 amide bonds. The van der Waals surface area contributed by atoms with Crippen LogP contribution in [0.2, 0.25) is 0 Å². The molecular weight excluding hydrogens is 262 g/mol. The van der Waals surface area contributed by atoms with Crippen molar-refractivity contribution in [2.45, 2.75) is 38.3 Å². The second-order valence-electron chi connectivity index (χ2n) is 5.89. The largest absolute Gasteiger partial charge is 0.491 e. The molecule has 21 heavy (non-hydrogen) atoms. The molecule has 112 valence electrons. The van der Waals surface area contributed by atoms with Crippen molar-refractivity contribution in [3.63, 3.8) is 0 Å². The summed E-state index contributed by atoms with van der Waals surface area (Å²) in [6, 6.07) is 12.7. The van der Waals surface area contributed by atoms with Crippen molar-refractivity contribution in [3.05, 3.63) is 42.0 Å². The molecule has 0 spiro atoms. The van der Waals surface area contributed by atoms with Crippen molar-refractivity contribution in [2.24, 2.45) is 5.73 Å². The highest BCUT2D eigenvalue weighted by molar-refractivity contribution is 5.87. The maximum Gasteiger partial charge on any atom is 0.123 e. The van der Waals surface area contributed by atoms with Gasteiger partial charge >= 0.3 is 0 Å². The predicted octanol–water partition coefficient (Wildman–Crippen LogP) is 3.29. The summed E-state index contributed by atoms with van der Waals surface area (Å²) in [5.74, 6) is 0.946. The maximum atomic E-state index is 6.05. The third kappa shape index (κ3) is 3.36. The van der Waals surface area contributed by atoms with Gasteiger partial charge in [-0.2, -0.15) is 0 Å². The third-order valence-electron chi connectivity index (χ3n) is 3.97. The summed E-state index contributed by atoms with van der Waals surface area (Å²) in [7, 11) is 0. The van der Waals surface area contributed by atoms with Crippen LogP contribution < -0.4 is 10.5 Å². The molecule has 2 aromatic rings. The van der Waals surface area contributed by atoms with Crippen LogP contribution in [0.3, 0.4) is 0 Å². The zero-order valence-electron chi connectivity index (χ0n) is 12.5. The number of ether oxygens (including phenoxy) is 2. The first-order valence-corrected chi connectivity index (χ1v) is 7.74. The van der Waals surface area contributed by atoms with Gasteiger partial charge in [-0.3, -0.25) is 0 Å². The average molecular weight is 285 g/mol. The van der Waals surface area contributed by atoms with Gasteiger partial charge < -0.3 is 15.2 Å². The lowest BCUT2D eigenvalue weighted by atomic mass is 9.98. The van der Waals surface area contributed by atoms with E-state index in [1.807, 2.05) is 6.92 Å². The molecule has 1 aliphatic rings. The van der Waals surface area contributed by atoms with Gasteiger partial charge in [-0.05, 0) is 43.0 Å². The van der Waals surface area contributed by atoms with Crippen LogP contribution in [-0.2, 0) is 11.2 Å². The number of hydrogen-bond donors (Lipinski definition) is 1. The summed E-state index contributed by atoms with van der Waals surface area (Å²) in [4.78, 5) is 0. The second-order valence-corrected chi connectivity index (χ2v) is 5.89. The first-order chi connectivity index (χ1) is 10.2. The van der Waals surface area contributed by atoms with Crippen LogP contribution in [0.5, 0.6) is 5.75 Å². The highest BCUT2D eigenvalue weighted by atomic mass is 16.5. The van der Waals surface area contributed by atoms with Crippen molar-refractivity contribution in [3.8, 4) is 5.75 Å². The lowest BCUT2D eigenvalue weighted by Gasteiger charge is -2.17. The molecule has 0 bridgehead atoms. The fraction of sp³-hybridized carbons (Fsp3) is 0.444. The second kappa shape index (κ2) is 6.46. The summed E-state index contributed by atoms with van der Waals surface area (Å²) in [6.07, 6.45) is 3.29. The minimum Gasteiger partial charge on any atom is -0.491 e. The molecule has 1 fully saturated rings. The van der Waals surface area contributed by atoms with Crippen molar-refractivity contribution in [2.75, 3.05) is 13.2 Å². The SMILES string of the molecule is CC(N)Cc1c(OCC2CCCO2)ccc2ccccc12. The summed E-state index contributed by atoms with van der Waals surface area (Å²) in [5, 5.41) is 2.47. The van der Waals surface area contributed by atoms with Gasteiger partial charge in [-0.1, -0.05) is 30.3 Å². The average Bonchev–Trinajstić information content (AvgIpc) is 2.99. The van der Waals surface area contributed by atoms with E-state index in [-0.39, 0.29) is 12.1 Å². The third-order valence-corrected chi connectivity index (χ3v) is 3.97. The Morgan fingerprint density at radius 1 is 1.29 bits per heavy atom. The number of nitrogens with two attached hydrogens (primary N) is 1. The molecule has 0 radical (unpaired) electrons. The summed E-state index contributed by atoms with van der Waals surface area (Å²) >= 11 is 0. The Morgan fingerprint density at radius 2 is 2.14 bits per heavy atom. The fourth-order valence-electron chi connectivity index (χ4n) is 2.94. The molecule has 0 saturated carbocycles. The molecule has 3 nitrogen and oxygen atoms in total. The van der Waals surface area contributed by atoms with E-state index >= 15 is 0 Å². The fourth-order valence-corrected chi connectivity index (χ4v) is 2.94. The summed E-state index contributed by atoms with van der Waals surface area (Å²) in [5.41, 5.74) is 7.23. The van der Waals surface area contributed by atoms with E-state index in [2.05, 4.69) is 36.4 Å². The van der Waals surface area contributed by atoms with Gasteiger partial charge in [0.25, 0.3) is 0 Å². The maximum absolute atomic E-state index is 6.05. The van der Waals surface area contributed by atoms with Crippen molar-refractivity contribution in [1.82, 2.24) is 0 Å². The van der Waals surface area contributed by atoms with Crippen LogP contribution in [0, 0.1) is 0 Å².